The molecule has 2 N–H and O–H groups in total. The van der Waals surface area contributed by atoms with Gasteiger partial charge in [-0.2, -0.15) is 0 Å². The van der Waals surface area contributed by atoms with Crippen molar-refractivity contribution >= 4 is 5.91 Å². The van der Waals surface area contributed by atoms with Gasteiger partial charge in [0.2, 0.25) is 5.91 Å². The van der Waals surface area contributed by atoms with Crippen LogP contribution in [-0.2, 0) is 4.79 Å². The van der Waals surface area contributed by atoms with E-state index in [0.717, 1.165) is 38.3 Å². The molecule has 3 heteroatoms. The van der Waals surface area contributed by atoms with E-state index in [9.17, 15) is 4.79 Å². The molecule has 0 aromatic rings. The molecule has 0 radical (unpaired) electrons. The fourth-order valence-electron chi connectivity index (χ4n) is 3.72. The maximum absolute atomic E-state index is 12.2. The SMILES string of the molecule is CCCCC1CCC(C(=O)NCC[C@H]2CCCN2)CC1. The van der Waals surface area contributed by atoms with Crippen molar-refractivity contribution in [3.63, 3.8) is 0 Å². The summed E-state index contributed by atoms with van der Waals surface area (Å²) in [7, 11) is 0. The fourth-order valence-corrected chi connectivity index (χ4v) is 3.72. The van der Waals surface area contributed by atoms with Crippen LogP contribution in [0.15, 0.2) is 0 Å². The lowest BCUT2D eigenvalue weighted by Gasteiger charge is -2.27. The molecule has 2 rings (SSSR count). The molecular formula is C17H32N2O. The van der Waals surface area contributed by atoms with Crippen molar-refractivity contribution in [2.45, 2.75) is 77.2 Å². The van der Waals surface area contributed by atoms with Gasteiger partial charge in [0.1, 0.15) is 0 Å². The van der Waals surface area contributed by atoms with Crippen molar-refractivity contribution in [3.8, 4) is 0 Å². The summed E-state index contributed by atoms with van der Waals surface area (Å²) in [6.45, 7) is 4.27. The Morgan fingerprint density at radius 3 is 2.60 bits per heavy atom. The van der Waals surface area contributed by atoms with Crippen molar-refractivity contribution < 1.29 is 4.79 Å². The Bertz CT molecular complexity index is 279. The number of carbonyl (C=O) groups is 1. The minimum Gasteiger partial charge on any atom is -0.356 e. The highest BCUT2D eigenvalue weighted by Crippen LogP contribution is 2.31. The van der Waals surface area contributed by atoms with Gasteiger partial charge in [0.25, 0.3) is 0 Å². The van der Waals surface area contributed by atoms with Crippen molar-refractivity contribution in [1.82, 2.24) is 10.6 Å². The Morgan fingerprint density at radius 1 is 1.15 bits per heavy atom. The van der Waals surface area contributed by atoms with Crippen LogP contribution in [0.25, 0.3) is 0 Å². The van der Waals surface area contributed by atoms with Gasteiger partial charge in [-0.05, 0) is 57.4 Å². The quantitative estimate of drug-likeness (QED) is 0.751. The van der Waals surface area contributed by atoms with Gasteiger partial charge >= 0.3 is 0 Å². The van der Waals surface area contributed by atoms with E-state index >= 15 is 0 Å². The van der Waals surface area contributed by atoms with Gasteiger partial charge in [-0.15, -0.1) is 0 Å². The number of nitrogens with one attached hydrogen (secondary N) is 2. The molecule has 3 nitrogen and oxygen atoms in total. The molecule has 0 spiro atoms. The third-order valence-corrected chi connectivity index (χ3v) is 5.14. The monoisotopic (exact) mass is 280 g/mol. The number of carbonyl (C=O) groups excluding carboxylic acids is 1. The topological polar surface area (TPSA) is 41.1 Å². The van der Waals surface area contributed by atoms with E-state index in [2.05, 4.69) is 17.6 Å². The first-order chi connectivity index (χ1) is 9.79. The standard InChI is InChI=1S/C17H32N2O/c1-2-3-5-14-7-9-15(10-8-14)17(20)19-13-11-16-6-4-12-18-16/h14-16,18H,2-13H2,1H3,(H,19,20)/t14?,15?,16-/m1/s1. The summed E-state index contributed by atoms with van der Waals surface area (Å²) in [4.78, 5) is 12.2. The zero-order valence-electron chi connectivity index (χ0n) is 13.1. The summed E-state index contributed by atoms with van der Waals surface area (Å²) < 4.78 is 0. The number of hydrogen-bond donors (Lipinski definition) is 2. The summed E-state index contributed by atoms with van der Waals surface area (Å²) in [5.74, 6) is 1.50. The molecule has 0 bridgehead atoms. The van der Waals surface area contributed by atoms with Gasteiger partial charge in [-0.25, -0.2) is 0 Å². The molecule has 1 saturated carbocycles. The van der Waals surface area contributed by atoms with Crippen LogP contribution in [0.3, 0.4) is 0 Å². The Morgan fingerprint density at radius 2 is 1.95 bits per heavy atom. The van der Waals surface area contributed by atoms with Gasteiger partial charge in [-0.1, -0.05) is 26.2 Å². The number of hydrogen-bond acceptors (Lipinski definition) is 2. The predicted octanol–water partition coefficient (Wildman–Crippen LogP) is 3.24. The third-order valence-electron chi connectivity index (χ3n) is 5.14. The van der Waals surface area contributed by atoms with Gasteiger partial charge in [0, 0.05) is 18.5 Å². The van der Waals surface area contributed by atoms with E-state index in [1.54, 1.807) is 0 Å². The van der Waals surface area contributed by atoms with Crippen LogP contribution in [0.1, 0.15) is 71.1 Å². The van der Waals surface area contributed by atoms with Crippen LogP contribution < -0.4 is 10.6 Å². The highest BCUT2D eigenvalue weighted by molar-refractivity contribution is 5.78. The average Bonchev–Trinajstić information content (AvgIpc) is 2.99. The Hall–Kier alpha value is -0.570. The molecule has 1 aliphatic carbocycles. The van der Waals surface area contributed by atoms with Crippen molar-refractivity contribution in [3.05, 3.63) is 0 Å². The number of unbranched alkanes of at least 4 members (excludes halogenated alkanes) is 1. The van der Waals surface area contributed by atoms with Gasteiger partial charge in [0.15, 0.2) is 0 Å². The highest BCUT2D eigenvalue weighted by atomic mass is 16.1. The lowest BCUT2D eigenvalue weighted by molar-refractivity contribution is -0.126. The molecule has 1 aliphatic heterocycles. The van der Waals surface area contributed by atoms with Gasteiger partial charge in [-0.3, -0.25) is 4.79 Å². The molecule has 1 atom stereocenters. The molecule has 1 heterocycles. The Labute approximate surface area is 124 Å². The van der Waals surface area contributed by atoms with Gasteiger partial charge < -0.3 is 10.6 Å². The molecule has 2 fully saturated rings. The largest absolute Gasteiger partial charge is 0.356 e. The third kappa shape index (κ3) is 5.08. The second-order valence-corrected chi connectivity index (χ2v) is 6.73. The summed E-state index contributed by atoms with van der Waals surface area (Å²) in [5, 5.41) is 6.64. The predicted molar refractivity (Wildman–Crippen MR) is 83.6 cm³/mol. The second-order valence-electron chi connectivity index (χ2n) is 6.73. The van der Waals surface area contributed by atoms with E-state index < -0.39 is 0 Å². The van der Waals surface area contributed by atoms with Crippen molar-refractivity contribution in [2.24, 2.45) is 11.8 Å². The molecule has 20 heavy (non-hydrogen) atoms. The molecular weight excluding hydrogens is 248 g/mol. The van der Waals surface area contributed by atoms with Crippen LogP contribution in [0.4, 0.5) is 0 Å². The molecule has 1 saturated heterocycles. The highest BCUT2D eigenvalue weighted by Gasteiger charge is 2.25. The molecule has 0 unspecified atom stereocenters. The maximum atomic E-state index is 12.2. The molecule has 0 aromatic heterocycles. The van der Waals surface area contributed by atoms with Crippen LogP contribution >= 0.6 is 0 Å². The summed E-state index contributed by atoms with van der Waals surface area (Å²) in [6, 6.07) is 0.639. The lowest BCUT2D eigenvalue weighted by atomic mass is 9.79. The second kappa shape index (κ2) is 8.66. The summed E-state index contributed by atoms with van der Waals surface area (Å²) in [5.41, 5.74) is 0. The van der Waals surface area contributed by atoms with E-state index in [1.165, 1.54) is 44.9 Å². The van der Waals surface area contributed by atoms with Gasteiger partial charge in [0.05, 0.1) is 0 Å². The van der Waals surface area contributed by atoms with E-state index in [4.69, 9.17) is 0 Å². The zero-order chi connectivity index (χ0) is 14.2. The first kappa shape index (κ1) is 15.8. The average molecular weight is 280 g/mol. The molecule has 116 valence electrons. The maximum Gasteiger partial charge on any atom is 0.223 e. The van der Waals surface area contributed by atoms with Crippen molar-refractivity contribution in [2.75, 3.05) is 13.1 Å². The normalized spacial score (nSPS) is 30.4. The summed E-state index contributed by atoms with van der Waals surface area (Å²) >= 11 is 0. The minimum absolute atomic E-state index is 0.296. The van der Waals surface area contributed by atoms with Crippen LogP contribution in [0.5, 0.6) is 0 Å². The van der Waals surface area contributed by atoms with E-state index in [-0.39, 0.29) is 0 Å². The number of amides is 1. The lowest BCUT2D eigenvalue weighted by Crippen LogP contribution is -2.36. The first-order valence-electron chi connectivity index (χ1n) is 8.80. The van der Waals surface area contributed by atoms with Crippen LogP contribution in [0.2, 0.25) is 0 Å². The Kier molecular flexibility index (Phi) is 6.85. The molecule has 2 aliphatic rings. The molecule has 0 aromatic carbocycles. The van der Waals surface area contributed by atoms with Crippen molar-refractivity contribution in [1.29, 1.82) is 0 Å². The Balaban J connectivity index is 1.56. The van der Waals surface area contributed by atoms with E-state index in [1.807, 2.05) is 0 Å². The van der Waals surface area contributed by atoms with E-state index in [0.29, 0.717) is 17.9 Å². The fraction of sp³-hybridized carbons (Fsp3) is 0.941. The minimum atomic E-state index is 0.296. The number of rotatable bonds is 7. The zero-order valence-corrected chi connectivity index (χ0v) is 13.1. The smallest absolute Gasteiger partial charge is 0.223 e. The van der Waals surface area contributed by atoms with Crippen LogP contribution in [-0.4, -0.2) is 25.0 Å². The van der Waals surface area contributed by atoms with Crippen LogP contribution in [0, 0.1) is 11.8 Å². The molecule has 1 amide bonds. The summed E-state index contributed by atoms with van der Waals surface area (Å²) in [6.07, 6.45) is 12.5. The first-order valence-corrected chi connectivity index (χ1v) is 8.80.